The Labute approximate surface area is 170 Å². The van der Waals surface area contributed by atoms with Crippen LogP contribution in [0.15, 0.2) is 53.4 Å². The highest BCUT2D eigenvalue weighted by atomic mass is 32.2. The van der Waals surface area contributed by atoms with E-state index >= 15 is 0 Å². The molecule has 0 spiro atoms. The van der Waals surface area contributed by atoms with Gasteiger partial charge in [0, 0.05) is 0 Å². The van der Waals surface area contributed by atoms with Gasteiger partial charge in [0.15, 0.2) is 15.9 Å². The lowest BCUT2D eigenvalue weighted by atomic mass is 10.1. The van der Waals surface area contributed by atoms with Gasteiger partial charge in [0.25, 0.3) is 5.91 Å². The summed E-state index contributed by atoms with van der Waals surface area (Å²) in [5, 5.41) is 2.67. The fourth-order valence-electron chi connectivity index (χ4n) is 2.56. The smallest absolute Gasteiger partial charge is 0.307 e. The number of ether oxygens (including phenoxy) is 1. The molecule has 1 amide bonds. The van der Waals surface area contributed by atoms with E-state index in [4.69, 9.17) is 4.74 Å². The van der Waals surface area contributed by atoms with Crippen LogP contribution in [0.2, 0.25) is 0 Å². The minimum Gasteiger partial charge on any atom is -0.453 e. The van der Waals surface area contributed by atoms with Crippen molar-refractivity contribution in [1.29, 1.82) is 0 Å². The predicted octanol–water partition coefficient (Wildman–Crippen LogP) is 3.11. The van der Waals surface area contributed by atoms with Crippen molar-refractivity contribution in [1.82, 2.24) is 5.32 Å². The molecule has 0 saturated heterocycles. The van der Waals surface area contributed by atoms with Crippen LogP contribution in [0, 0.1) is 12.7 Å². The fraction of sp³-hybridized carbons (Fsp3) is 0.333. The highest BCUT2D eigenvalue weighted by Crippen LogP contribution is 2.15. The van der Waals surface area contributed by atoms with Crippen LogP contribution < -0.4 is 5.32 Å². The maximum Gasteiger partial charge on any atom is 0.307 e. The lowest BCUT2D eigenvalue weighted by Gasteiger charge is -2.18. The fourth-order valence-corrected chi connectivity index (χ4v) is 3.78. The normalized spacial score (nSPS) is 13.4. The molecule has 2 aromatic rings. The average Bonchev–Trinajstić information content (AvgIpc) is 2.67. The summed E-state index contributed by atoms with van der Waals surface area (Å²) >= 11 is 0. The molecule has 6 nitrogen and oxygen atoms in total. The number of aryl methyl sites for hydroxylation is 1. The standard InChI is InChI=1S/C21H24FNO5S/c1-14-4-10-19(11-5-14)29(26,27)13-12-20(24)28-16(3)21(25)23-15(2)17-6-8-18(22)9-7-17/h4-11,15-16H,12-13H2,1-3H3,(H,23,25)/t15-,16+/m0/s1. The van der Waals surface area contributed by atoms with Crippen molar-refractivity contribution >= 4 is 21.7 Å². The van der Waals surface area contributed by atoms with E-state index in [-0.39, 0.29) is 17.1 Å². The molecule has 0 aliphatic rings. The summed E-state index contributed by atoms with van der Waals surface area (Å²) < 4.78 is 42.6. The molecule has 1 N–H and O–H groups in total. The maximum atomic E-state index is 13.0. The Morgan fingerprint density at radius 1 is 1.03 bits per heavy atom. The first-order valence-electron chi connectivity index (χ1n) is 9.13. The average molecular weight is 421 g/mol. The Hall–Kier alpha value is -2.74. The van der Waals surface area contributed by atoms with Gasteiger partial charge in [-0.15, -0.1) is 0 Å². The molecular formula is C21H24FNO5S. The number of carbonyl (C=O) groups excluding carboxylic acids is 2. The number of benzene rings is 2. The number of amides is 1. The van der Waals surface area contributed by atoms with Gasteiger partial charge in [0.05, 0.1) is 23.1 Å². The van der Waals surface area contributed by atoms with Crippen molar-refractivity contribution in [3.63, 3.8) is 0 Å². The number of hydrogen-bond acceptors (Lipinski definition) is 5. The van der Waals surface area contributed by atoms with Crippen LogP contribution in [0.4, 0.5) is 4.39 Å². The number of hydrogen-bond donors (Lipinski definition) is 1. The molecule has 0 fully saturated rings. The summed E-state index contributed by atoms with van der Waals surface area (Å²) in [7, 11) is -3.62. The highest BCUT2D eigenvalue weighted by molar-refractivity contribution is 7.91. The van der Waals surface area contributed by atoms with Crippen molar-refractivity contribution < 1.29 is 27.1 Å². The first-order chi connectivity index (χ1) is 13.6. The Balaban J connectivity index is 1.85. The number of esters is 1. The van der Waals surface area contributed by atoms with Crippen LogP contribution in [-0.4, -0.2) is 32.2 Å². The van der Waals surface area contributed by atoms with Crippen molar-refractivity contribution in [3.05, 3.63) is 65.5 Å². The summed E-state index contributed by atoms with van der Waals surface area (Å²) in [5.41, 5.74) is 1.63. The van der Waals surface area contributed by atoms with Crippen molar-refractivity contribution in [2.45, 2.75) is 44.2 Å². The SMILES string of the molecule is Cc1ccc(S(=O)(=O)CCC(=O)O[C@H](C)C(=O)N[C@@H](C)c2ccc(F)cc2)cc1. The lowest BCUT2D eigenvalue weighted by Crippen LogP contribution is -2.37. The number of sulfone groups is 1. The van der Waals surface area contributed by atoms with E-state index in [9.17, 15) is 22.4 Å². The molecule has 2 atom stereocenters. The first-order valence-corrected chi connectivity index (χ1v) is 10.8. The Morgan fingerprint density at radius 2 is 1.62 bits per heavy atom. The molecule has 0 heterocycles. The maximum absolute atomic E-state index is 13.0. The zero-order chi connectivity index (χ0) is 21.6. The van der Waals surface area contributed by atoms with E-state index in [0.29, 0.717) is 5.56 Å². The second kappa shape index (κ2) is 9.65. The number of halogens is 1. The van der Waals surface area contributed by atoms with Crippen molar-refractivity contribution in [2.75, 3.05) is 5.75 Å². The largest absolute Gasteiger partial charge is 0.453 e. The monoisotopic (exact) mass is 421 g/mol. The molecule has 0 saturated carbocycles. The quantitative estimate of drug-likeness (QED) is 0.662. The molecule has 2 rings (SSSR count). The molecule has 0 radical (unpaired) electrons. The summed E-state index contributed by atoms with van der Waals surface area (Å²) in [6.07, 6.45) is -1.45. The molecule has 29 heavy (non-hydrogen) atoms. The second-order valence-electron chi connectivity index (χ2n) is 6.80. The molecule has 0 unspecified atom stereocenters. The first kappa shape index (κ1) is 22.5. The minimum absolute atomic E-state index is 0.134. The van der Waals surface area contributed by atoms with Gasteiger partial charge >= 0.3 is 5.97 Å². The topological polar surface area (TPSA) is 89.5 Å². The number of carbonyl (C=O) groups is 2. The molecular weight excluding hydrogens is 397 g/mol. The van der Waals surface area contributed by atoms with Crippen molar-refractivity contribution in [2.24, 2.45) is 0 Å². The molecule has 156 valence electrons. The van der Waals surface area contributed by atoms with Gasteiger partial charge in [-0.3, -0.25) is 9.59 Å². The van der Waals surface area contributed by atoms with Crippen LogP contribution in [0.3, 0.4) is 0 Å². The summed E-state index contributed by atoms with van der Waals surface area (Å²) in [4.78, 5) is 24.3. The predicted molar refractivity (Wildman–Crippen MR) is 106 cm³/mol. The zero-order valence-corrected chi connectivity index (χ0v) is 17.3. The van der Waals surface area contributed by atoms with Gasteiger partial charge in [-0.2, -0.15) is 0 Å². The molecule has 2 aromatic carbocycles. The van der Waals surface area contributed by atoms with E-state index in [2.05, 4.69) is 5.32 Å². The third kappa shape index (κ3) is 6.67. The van der Waals surface area contributed by atoms with Gasteiger partial charge in [-0.05, 0) is 50.6 Å². The van der Waals surface area contributed by atoms with E-state index in [1.807, 2.05) is 6.92 Å². The van der Waals surface area contributed by atoms with Crippen LogP contribution >= 0.6 is 0 Å². The van der Waals surface area contributed by atoms with E-state index in [0.717, 1.165) is 5.56 Å². The molecule has 0 aliphatic heterocycles. The van der Waals surface area contributed by atoms with Crippen LogP contribution in [0.1, 0.15) is 37.4 Å². The number of rotatable bonds is 8. The zero-order valence-electron chi connectivity index (χ0n) is 16.5. The summed E-state index contributed by atoms with van der Waals surface area (Å²) in [5.74, 6) is -2.10. The Bertz CT molecular complexity index is 956. The van der Waals surface area contributed by atoms with E-state index in [1.54, 1.807) is 31.2 Å². The van der Waals surface area contributed by atoms with Crippen LogP contribution in [0.5, 0.6) is 0 Å². The highest BCUT2D eigenvalue weighted by Gasteiger charge is 2.22. The third-order valence-corrected chi connectivity index (χ3v) is 6.09. The Kier molecular flexibility index (Phi) is 7.50. The molecule has 0 bridgehead atoms. The van der Waals surface area contributed by atoms with Gasteiger partial charge in [-0.1, -0.05) is 29.8 Å². The lowest BCUT2D eigenvalue weighted by molar-refractivity contribution is -0.154. The van der Waals surface area contributed by atoms with Crippen LogP contribution in [0.25, 0.3) is 0 Å². The number of nitrogens with one attached hydrogen (secondary N) is 1. The van der Waals surface area contributed by atoms with Gasteiger partial charge in [0.2, 0.25) is 0 Å². The molecule has 8 heteroatoms. The molecule has 0 aliphatic carbocycles. The second-order valence-corrected chi connectivity index (χ2v) is 8.90. The Morgan fingerprint density at radius 3 is 2.21 bits per heavy atom. The van der Waals surface area contributed by atoms with Crippen molar-refractivity contribution in [3.8, 4) is 0 Å². The van der Waals surface area contributed by atoms with Gasteiger partial charge in [0.1, 0.15) is 5.82 Å². The van der Waals surface area contributed by atoms with Gasteiger partial charge in [-0.25, -0.2) is 12.8 Å². The van der Waals surface area contributed by atoms with E-state index in [1.165, 1.54) is 31.2 Å². The van der Waals surface area contributed by atoms with Gasteiger partial charge < -0.3 is 10.1 Å². The van der Waals surface area contributed by atoms with Crippen LogP contribution in [-0.2, 0) is 24.2 Å². The minimum atomic E-state index is -3.62. The third-order valence-electron chi connectivity index (χ3n) is 4.36. The van der Waals surface area contributed by atoms with E-state index < -0.39 is 39.6 Å². The summed E-state index contributed by atoms with van der Waals surface area (Å²) in [6, 6.07) is 11.6. The summed E-state index contributed by atoms with van der Waals surface area (Å²) in [6.45, 7) is 4.96. The molecule has 0 aromatic heterocycles.